The summed E-state index contributed by atoms with van der Waals surface area (Å²) in [6.07, 6.45) is 3.74. The highest BCUT2D eigenvalue weighted by atomic mass is 35.5. The Morgan fingerprint density at radius 2 is 2.11 bits per heavy atom. The molecule has 1 aromatic carbocycles. The van der Waals surface area contributed by atoms with Gasteiger partial charge < -0.3 is 5.32 Å². The standard InChI is InChI=1S/C15H20ClFN2/c1-18-9-10-4-5-19(14-2-3-14)15(10)11-6-12(16)8-13(17)7-11/h6-8,10,14-15,18H,2-5,9H2,1H3. The molecular weight excluding hydrogens is 263 g/mol. The van der Waals surface area contributed by atoms with E-state index in [-0.39, 0.29) is 5.82 Å². The van der Waals surface area contributed by atoms with E-state index >= 15 is 0 Å². The zero-order valence-corrected chi connectivity index (χ0v) is 12.0. The van der Waals surface area contributed by atoms with Gasteiger partial charge in [0, 0.05) is 17.1 Å². The summed E-state index contributed by atoms with van der Waals surface area (Å²) in [6.45, 7) is 2.10. The molecule has 3 rings (SSSR count). The molecule has 19 heavy (non-hydrogen) atoms. The quantitative estimate of drug-likeness (QED) is 0.912. The average molecular weight is 283 g/mol. The summed E-state index contributed by atoms with van der Waals surface area (Å²) >= 11 is 6.02. The first-order chi connectivity index (χ1) is 9.19. The molecule has 1 aliphatic carbocycles. The van der Waals surface area contributed by atoms with E-state index in [4.69, 9.17) is 11.6 Å². The Morgan fingerprint density at radius 3 is 2.74 bits per heavy atom. The van der Waals surface area contributed by atoms with Crippen molar-refractivity contribution in [2.75, 3.05) is 20.1 Å². The van der Waals surface area contributed by atoms with E-state index in [1.807, 2.05) is 13.1 Å². The summed E-state index contributed by atoms with van der Waals surface area (Å²) in [7, 11) is 1.98. The fourth-order valence-electron chi connectivity index (χ4n) is 3.38. The maximum Gasteiger partial charge on any atom is 0.125 e. The normalized spacial score (nSPS) is 27.9. The van der Waals surface area contributed by atoms with Crippen molar-refractivity contribution in [2.45, 2.75) is 31.3 Å². The van der Waals surface area contributed by atoms with Gasteiger partial charge >= 0.3 is 0 Å². The van der Waals surface area contributed by atoms with Gasteiger partial charge in [-0.25, -0.2) is 4.39 Å². The maximum absolute atomic E-state index is 13.6. The van der Waals surface area contributed by atoms with Crippen LogP contribution in [0.15, 0.2) is 18.2 Å². The van der Waals surface area contributed by atoms with Crippen molar-refractivity contribution in [1.29, 1.82) is 0 Å². The Hall–Kier alpha value is -0.640. The van der Waals surface area contributed by atoms with E-state index in [0.717, 1.165) is 18.7 Å². The van der Waals surface area contributed by atoms with Crippen molar-refractivity contribution in [3.63, 3.8) is 0 Å². The lowest BCUT2D eigenvalue weighted by atomic mass is 9.93. The summed E-state index contributed by atoms with van der Waals surface area (Å²) in [5.74, 6) is 0.317. The molecule has 2 aliphatic rings. The molecule has 1 saturated carbocycles. The van der Waals surface area contributed by atoms with Crippen LogP contribution in [0.3, 0.4) is 0 Å². The molecule has 104 valence electrons. The van der Waals surface area contributed by atoms with Crippen molar-refractivity contribution in [3.8, 4) is 0 Å². The van der Waals surface area contributed by atoms with Crippen LogP contribution in [0.2, 0.25) is 5.02 Å². The van der Waals surface area contributed by atoms with Crippen molar-refractivity contribution in [3.05, 3.63) is 34.6 Å². The number of likely N-dealkylation sites (tertiary alicyclic amines) is 1. The minimum atomic E-state index is -0.228. The zero-order valence-electron chi connectivity index (χ0n) is 11.2. The fourth-order valence-corrected chi connectivity index (χ4v) is 3.61. The van der Waals surface area contributed by atoms with Gasteiger partial charge in [-0.15, -0.1) is 0 Å². The molecular formula is C15H20ClFN2. The SMILES string of the molecule is CNCC1CCN(C2CC2)C1c1cc(F)cc(Cl)c1. The summed E-state index contributed by atoms with van der Waals surface area (Å²) in [5.41, 5.74) is 1.04. The molecule has 2 nitrogen and oxygen atoms in total. The third kappa shape index (κ3) is 2.78. The van der Waals surface area contributed by atoms with Gasteiger partial charge in [0.05, 0.1) is 0 Å². The van der Waals surface area contributed by atoms with Crippen LogP contribution in [-0.2, 0) is 0 Å². The van der Waals surface area contributed by atoms with E-state index in [9.17, 15) is 4.39 Å². The van der Waals surface area contributed by atoms with E-state index in [1.54, 1.807) is 6.07 Å². The van der Waals surface area contributed by atoms with E-state index in [0.29, 0.717) is 23.0 Å². The van der Waals surface area contributed by atoms with Crippen LogP contribution in [0.25, 0.3) is 0 Å². The Kier molecular flexibility index (Phi) is 3.79. The van der Waals surface area contributed by atoms with Crippen LogP contribution in [0, 0.1) is 11.7 Å². The molecule has 2 fully saturated rings. The first-order valence-corrected chi connectivity index (χ1v) is 7.43. The molecule has 0 bridgehead atoms. The lowest BCUT2D eigenvalue weighted by Gasteiger charge is -2.29. The van der Waals surface area contributed by atoms with Crippen molar-refractivity contribution in [1.82, 2.24) is 10.2 Å². The van der Waals surface area contributed by atoms with Gasteiger partial charge in [0.2, 0.25) is 0 Å². The van der Waals surface area contributed by atoms with Gasteiger partial charge in [0.1, 0.15) is 5.82 Å². The average Bonchev–Trinajstić information content (AvgIpc) is 3.10. The Bertz CT molecular complexity index is 441. The van der Waals surface area contributed by atoms with Gasteiger partial charge in [0.15, 0.2) is 0 Å². The lowest BCUT2D eigenvalue weighted by molar-refractivity contribution is 0.217. The second kappa shape index (κ2) is 5.39. The number of rotatable bonds is 4. The van der Waals surface area contributed by atoms with Crippen LogP contribution < -0.4 is 5.32 Å². The highest BCUT2D eigenvalue weighted by Crippen LogP contribution is 2.44. The van der Waals surface area contributed by atoms with Crippen LogP contribution in [0.1, 0.15) is 30.9 Å². The molecule has 2 unspecified atom stereocenters. The van der Waals surface area contributed by atoms with Crippen molar-refractivity contribution >= 4 is 11.6 Å². The first kappa shape index (κ1) is 13.3. The van der Waals surface area contributed by atoms with Gasteiger partial charge in [-0.3, -0.25) is 4.90 Å². The predicted octanol–water partition coefficient (Wildman–Crippen LogP) is 3.22. The molecule has 1 saturated heterocycles. The van der Waals surface area contributed by atoms with Gasteiger partial charge in [-0.05, 0) is 69.1 Å². The molecule has 0 amide bonds. The van der Waals surface area contributed by atoms with E-state index in [1.165, 1.54) is 25.3 Å². The Labute approximate surface area is 118 Å². The number of benzene rings is 1. The second-order valence-corrected chi connectivity index (χ2v) is 6.16. The summed E-state index contributed by atoms with van der Waals surface area (Å²) < 4.78 is 13.6. The number of hydrogen-bond acceptors (Lipinski definition) is 2. The maximum atomic E-state index is 13.6. The number of nitrogens with zero attached hydrogens (tertiary/aromatic N) is 1. The van der Waals surface area contributed by atoms with Crippen LogP contribution in [0.4, 0.5) is 4.39 Å². The minimum Gasteiger partial charge on any atom is -0.319 e. The molecule has 2 atom stereocenters. The summed E-state index contributed by atoms with van der Waals surface area (Å²) in [4.78, 5) is 2.55. The Balaban J connectivity index is 1.91. The number of hydrogen-bond donors (Lipinski definition) is 1. The third-order valence-corrected chi connectivity index (χ3v) is 4.49. The number of nitrogens with one attached hydrogen (secondary N) is 1. The fraction of sp³-hybridized carbons (Fsp3) is 0.600. The summed E-state index contributed by atoms with van der Waals surface area (Å²) in [6, 6.07) is 5.98. The van der Waals surface area contributed by atoms with Gasteiger partial charge in [-0.2, -0.15) is 0 Å². The number of halogens is 2. The molecule has 0 radical (unpaired) electrons. The highest BCUT2D eigenvalue weighted by molar-refractivity contribution is 6.30. The molecule has 4 heteroatoms. The zero-order chi connectivity index (χ0) is 13.4. The van der Waals surface area contributed by atoms with Crippen LogP contribution in [-0.4, -0.2) is 31.1 Å². The second-order valence-electron chi connectivity index (χ2n) is 5.72. The molecule has 1 N–H and O–H groups in total. The summed E-state index contributed by atoms with van der Waals surface area (Å²) in [5, 5.41) is 3.77. The van der Waals surface area contributed by atoms with Crippen LogP contribution in [0.5, 0.6) is 0 Å². The van der Waals surface area contributed by atoms with Crippen LogP contribution >= 0.6 is 11.6 Å². The monoisotopic (exact) mass is 282 g/mol. The van der Waals surface area contributed by atoms with Gasteiger partial charge in [-0.1, -0.05) is 11.6 Å². The van der Waals surface area contributed by atoms with Gasteiger partial charge in [0.25, 0.3) is 0 Å². The minimum absolute atomic E-state index is 0.228. The third-order valence-electron chi connectivity index (χ3n) is 4.27. The molecule has 1 heterocycles. The predicted molar refractivity (Wildman–Crippen MR) is 75.9 cm³/mol. The smallest absolute Gasteiger partial charge is 0.125 e. The molecule has 0 aromatic heterocycles. The largest absolute Gasteiger partial charge is 0.319 e. The molecule has 1 aromatic rings. The van der Waals surface area contributed by atoms with Crippen molar-refractivity contribution in [2.24, 2.45) is 5.92 Å². The van der Waals surface area contributed by atoms with E-state index < -0.39 is 0 Å². The highest BCUT2D eigenvalue weighted by Gasteiger charge is 2.42. The Morgan fingerprint density at radius 1 is 1.32 bits per heavy atom. The topological polar surface area (TPSA) is 15.3 Å². The molecule has 1 aliphatic heterocycles. The van der Waals surface area contributed by atoms with E-state index in [2.05, 4.69) is 10.2 Å². The van der Waals surface area contributed by atoms with Crippen molar-refractivity contribution < 1.29 is 4.39 Å². The molecule has 0 spiro atoms. The first-order valence-electron chi connectivity index (χ1n) is 7.05. The lowest BCUT2D eigenvalue weighted by Crippen LogP contribution is -2.30.